The predicted molar refractivity (Wildman–Crippen MR) is 68.4 cm³/mol. The summed E-state index contributed by atoms with van der Waals surface area (Å²) in [6.07, 6.45) is 1.11. The molecule has 0 bridgehead atoms. The van der Waals surface area contributed by atoms with E-state index in [-0.39, 0.29) is 11.6 Å². The lowest BCUT2D eigenvalue weighted by Crippen LogP contribution is -2.08. The Morgan fingerprint density at radius 1 is 0.944 bits per heavy atom. The molecule has 1 nitrogen and oxygen atoms in total. The van der Waals surface area contributed by atoms with Crippen molar-refractivity contribution in [3.8, 4) is 0 Å². The summed E-state index contributed by atoms with van der Waals surface area (Å²) >= 11 is 0. The second kappa shape index (κ2) is 5.74. The van der Waals surface area contributed by atoms with Crippen LogP contribution in [-0.2, 0) is 12.8 Å². The summed E-state index contributed by atoms with van der Waals surface area (Å²) < 4.78 is 26.5. The lowest BCUT2D eigenvalue weighted by Gasteiger charge is -2.10. The van der Waals surface area contributed by atoms with E-state index in [1.165, 1.54) is 18.2 Å². The van der Waals surface area contributed by atoms with Crippen molar-refractivity contribution >= 4 is 0 Å². The highest BCUT2D eigenvalue weighted by Gasteiger charge is 2.08. The molecule has 0 saturated carbocycles. The molecule has 2 aromatic carbocycles. The normalized spacial score (nSPS) is 10.6. The van der Waals surface area contributed by atoms with Gasteiger partial charge in [0.1, 0.15) is 11.6 Å². The van der Waals surface area contributed by atoms with Gasteiger partial charge in [-0.25, -0.2) is 8.78 Å². The Balaban J connectivity index is 2.28. The largest absolute Gasteiger partial charge is 0.330 e. The first-order valence-electron chi connectivity index (χ1n) is 5.91. The van der Waals surface area contributed by atoms with Crippen LogP contribution < -0.4 is 5.73 Å². The van der Waals surface area contributed by atoms with Gasteiger partial charge in [0.25, 0.3) is 0 Å². The molecule has 0 fully saturated rings. The lowest BCUT2D eigenvalue weighted by atomic mass is 9.97. The average Bonchev–Trinajstić information content (AvgIpc) is 2.36. The van der Waals surface area contributed by atoms with E-state index in [1.54, 1.807) is 18.2 Å². The van der Waals surface area contributed by atoms with Crippen molar-refractivity contribution in [2.45, 2.75) is 12.8 Å². The van der Waals surface area contributed by atoms with Gasteiger partial charge in [0.2, 0.25) is 0 Å². The lowest BCUT2D eigenvalue weighted by molar-refractivity contribution is 0.606. The Morgan fingerprint density at radius 3 is 2.33 bits per heavy atom. The third-order valence-electron chi connectivity index (χ3n) is 2.92. The van der Waals surface area contributed by atoms with E-state index in [2.05, 4.69) is 0 Å². The van der Waals surface area contributed by atoms with Crippen molar-refractivity contribution in [1.29, 1.82) is 0 Å². The molecule has 0 aromatic heterocycles. The zero-order chi connectivity index (χ0) is 13.0. The van der Waals surface area contributed by atoms with E-state index >= 15 is 0 Å². The maximum Gasteiger partial charge on any atom is 0.126 e. The molecule has 0 aliphatic rings. The van der Waals surface area contributed by atoms with Gasteiger partial charge in [-0.05, 0) is 54.3 Å². The molecule has 0 heterocycles. The highest BCUT2D eigenvalue weighted by Crippen LogP contribution is 2.18. The van der Waals surface area contributed by atoms with E-state index in [0.29, 0.717) is 24.9 Å². The minimum absolute atomic E-state index is 0.222. The van der Waals surface area contributed by atoms with Gasteiger partial charge in [-0.2, -0.15) is 0 Å². The Labute approximate surface area is 105 Å². The van der Waals surface area contributed by atoms with Crippen LogP contribution >= 0.6 is 0 Å². The number of hydrogen-bond donors (Lipinski definition) is 1. The van der Waals surface area contributed by atoms with Crippen molar-refractivity contribution in [2.24, 2.45) is 5.73 Å². The van der Waals surface area contributed by atoms with Crippen molar-refractivity contribution in [3.63, 3.8) is 0 Å². The first kappa shape index (κ1) is 12.7. The fraction of sp³-hybridized carbons (Fsp3) is 0.200. The molecule has 94 valence electrons. The number of rotatable bonds is 4. The van der Waals surface area contributed by atoms with Crippen LogP contribution in [0.2, 0.25) is 0 Å². The Kier molecular flexibility index (Phi) is 4.05. The van der Waals surface area contributed by atoms with Crippen LogP contribution in [-0.4, -0.2) is 6.54 Å². The maximum absolute atomic E-state index is 13.7. The summed E-state index contributed by atoms with van der Waals surface area (Å²) in [5, 5.41) is 0. The van der Waals surface area contributed by atoms with Crippen LogP contribution in [0, 0.1) is 11.6 Å². The molecule has 2 rings (SSSR count). The molecule has 0 atom stereocenters. The molecular weight excluding hydrogens is 232 g/mol. The van der Waals surface area contributed by atoms with Crippen molar-refractivity contribution in [2.75, 3.05) is 6.54 Å². The number of benzene rings is 2. The van der Waals surface area contributed by atoms with Crippen LogP contribution in [0.3, 0.4) is 0 Å². The van der Waals surface area contributed by atoms with Crippen LogP contribution in [0.4, 0.5) is 8.78 Å². The monoisotopic (exact) mass is 247 g/mol. The molecule has 0 aliphatic carbocycles. The second-order valence-electron chi connectivity index (χ2n) is 4.22. The molecule has 0 saturated heterocycles. The fourth-order valence-electron chi connectivity index (χ4n) is 2.02. The molecule has 0 spiro atoms. The second-order valence-corrected chi connectivity index (χ2v) is 4.22. The molecule has 0 amide bonds. The van der Waals surface area contributed by atoms with Crippen molar-refractivity contribution in [3.05, 3.63) is 70.8 Å². The molecule has 2 N–H and O–H groups in total. The minimum Gasteiger partial charge on any atom is -0.330 e. The molecular formula is C15H15F2N. The van der Waals surface area contributed by atoms with Gasteiger partial charge >= 0.3 is 0 Å². The smallest absolute Gasteiger partial charge is 0.126 e. The zero-order valence-corrected chi connectivity index (χ0v) is 10.00. The van der Waals surface area contributed by atoms with Gasteiger partial charge in [-0.15, -0.1) is 0 Å². The highest BCUT2D eigenvalue weighted by molar-refractivity contribution is 5.34. The van der Waals surface area contributed by atoms with E-state index in [9.17, 15) is 8.78 Å². The number of hydrogen-bond acceptors (Lipinski definition) is 1. The molecule has 0 radical (unpaired) electrons. The van der Waals surface area contributed by atoms with Crippen molar-refractivity contribution in [1.82, 2.24) is 0 Å². The minimum atomic E-state index is -0.264. The van der Waals surface area contributed by atoms with Gasteiger partial charge in [0, 0.05) is 0 Å². The predicted octanol–water partition coefficient (Wildman–Crippen LogP) is 3.06. The van der Waals surface area contributed by atoms with Crippen LogP contribution in [0.1, 0.15) is 16.7 Å². The fourth-order valence-corrected chi connectivity index (χ4v) is 2.02. The van der Waals surface area contributed by atoms with Gasteiger partial charge in [0.05, 0.1) is 0 Å². The van der Waals surface area contributed by atoms with E-state index in [1.807, 2.05) is 6.07 Å². The summed E-state index contributed by atoms with van der Waals surface area (Å²) in [4.78, 5) is 0. The topological polar surface area (TPSA) is 26.0 Å². The van der Waals surface area contributed by atoms with Gasteiger partial charge in [-0.1, -0.05) is 24.3 Å². The van der Waals surface area contributed by atoms with Crippen LogP contribution in [0.15, 0.2) is 42.5 Å². The molecule has 3 heteroatoms. The zero-order valence-electron chi connectivity index (χ0n) is 10.00. The van der Waals surface area contributed by atoms with E-state index in [0.717, 1.165) is 11.1 Å². The average molecular weight is 247 g/mol. The quantitative estimate of drug-likeness (QED) is 0.883. The molecule has 2 aromatic rings. The highest BCUT2D eigenvalue weighted by atomic mass is 19.1. The third kappa shape index (κ3) is 2.93. The van der Waals surface area contributed by atoms with Gasteiger partial charge in [0.15, 0.2) is 0 Å². The molecule has 0 unspecified atom stereocenters. The van der Waals surface area contributed by atoms with E-state index in [4.69, 9.17) is 5.73 Å². The van der Waals surface area contributed by atoms with Gasteiger partial charge in [-0.3, -0.25) is 0 Å². The Morgan fingerprint density at radius 2 is 1.67 bits per heavy atom. The molecule has 0 aliphatic heterocycles. The standard InChI is InChI=1S/C15H15F2N/c16-13-6-4-11(5-7-13)10-12-2-1-3-15(17)14(12)8-9-18/h1-7H,8-10,18H2. The summed E-state index contributed by atoms with van der Waals surface area (Å²) in [5.74, 6) is -0.486. The number of nitrogens with two attached hydrogens (primary N) is 1. The first-order valence-corrected chi connectivity index (χ1v) is 5.91. The Hall–Kier alpha value is -1.74. The van der Waals surface area contributed by atoms with Crippen molar-refractivity contribution < 1.29 is 8.78 Å². The maximum atomic E-state index is 13.7. The van der Waals surface area contributed by atoms with Crippen LogP contribution in [0.5, 0.6) is 0 Å². The van der Waals surface area contributed by atoms with Gasteiger partial charge < -0.3 is 5.73 Å². The summed E-state index contributed by atoms with van der Waals surface area (Å²) in [7, 11) is 0. The third-order valence-corrected chi connectivity index (χ3v) is 2.92. The first-order chi connectivity index (χ1) is 8.70. The summed E-state index contributed by atoms with van der Waals surface area (Å²) in [6, 6.07) is 11.3. The molecule has 18 heavy (non-hydrogen) atoms. The van der Waals surface area contributed by atoms with E-state index < -0.39 is 0 Å². The summed E-state index contributed by atoms with van der Waals surface area (Å²) in [5.41, 5.74) is 8.02. The summed E-state index contributed by atoms with van der Waals surface area (Å²) in [6.45, 7) is 0.414. The number of halogens is 2. The SMILES string of the molecule is NCCc1c(F)cccc1Cc1ccc(F)cc1. The van der Waals surface area contributed by atoms with Crippen LogP contribution in [0.25, 0.3) is 0 Å². The Bertz CT molecular complexity index is 521.